The smallest absolute Gasteiger partial charge is 0.0701 e. The van der Waals surface area contributed by atoms with Crippen molar-refractivity contribution in [3.63, 3.8) is 0 Å². The van der Waals surface area contributed by atoms with E-state index in [0.717, 1.165) is 38.3 Å². The molecule has 0 amide bonds. The molecule has 3 heteroatoms. The fourth-order valence-electron chi connectivity index (χ4n) is 3.84. The first kappa shape index (κ1) is 11.0. The molecule has 92 valence electrons. The van der Waals surface area contributed by atoms with E-state index >= 15 is 0 Å². The van der Waals surface area contributed by atoms with E-state index < -0.39 is 0 Å². The average Bonchev–Trinajstić information content (AvgIpc) is 2.88. The summed E-state index contributed by atoms with van der Waals surface area (Å²) in [7, 11) is 0. The van der Waals surface area contributed by atoms with Crippen molar-refractivity contribution in [2.24, 2.45) is 17.3 Å². The van der Waals surface area contributed by atoms with Crippen LogP contribution in [0.2, 0.25) is 0 Å². The van der Waals surface area contributed by atoms with Crippen molar-refractivity contribution in [3.8, 4) is 0 Å². The Bertz CT molecular complexity index is 231. The van der Waals surface area contributed by atoms with Gasteiger partial charge in [-0.1, -0.05) is 6.42 Å². The van der Waals surface area contributed by atoms with E-state index in [1.807, 2.05) is 0 Å². The van der Waals surface area contributed by atoms with Crippen LogP contribution in [0.3, 0.4) is 0 Å². The third-order valence-electron chi connectivity index (χ3n) is 4.63. The van der Waals surface area contributed by atoms with Crippen molar-refractivity contribution >= 4 is 0 Å². The fraction of sp³-hybridized carbons (Fsp3) is 1.00. The van der Waals surface area contributed by atoms with E-state index in [9.17, 15) is 0 Å². The zero-order chi connectivity index (χ0) is 10.8. The molecule has 3 fully saturated rings. The maximum Gasteiger partial charge on any atom is 0.0701 e. The van der Waals surface area contributed by atoms with Gasteiger partial charge in [0.1, 0.15) is 0 Å². The van der Waals surface area contributed by atoms with Crippen LogP contribution >= 0.6 is 0 Å². The monoisotopic (exact) mass is 226 g/mol. The molecule has 1 aliphatic heterocycles. The van der Waals surface area contributed by atoms with Gasteiger partial charge in [-0.3, -0.25) is 0 Å². The number of hydrogen-bond acceptors (Lipinski definition) is 3. The minimum Gasteiger partial charge on any atom is -0.378 e. The molecule has 3 rings (SSSR count). The second-order valence-electron chi connectivity index (χ2n) is 5.66. The molecule has 2 atom stereocenters. The Kier molecular flexibility index (Phi) is 3.18. The summed E-state index contributed by atoms with van der Waals surface area (Å²) in [4.78, 5) is 0. The summed E-state index contributed by atoms with van der Waals surface area (Å²) in [6, 6.07) is 0. The average molecular weight is 226 g/mol. The summed E-state index contributed by atoms with van der Waals surface area (Å²) in [5.41, 5.74) is 0.347. The van der Waals surface area contributed by atoms with Gasteiger partial charge < -0.3 is 14.2 Å². The molecule has 3 nitrogen and oxygen atoms in total. The van der Waals surface area contributed by atoms with E-state index in [4.69, 9.17) is 14.2 Å². The van der Waals surface area contributed by atoms with E-state index in [1.54, 1.807) is 0 Å². The van der Waals surface area contributed by atoms with Gasteiger partial charge in [0.15, 0.2) is 0 Å². The van der Waals surface area contributed by atoms with E-state index in [1.165, 1.54) is 25.7 Å². The Morgan fingerprint density at radius 2 is 1.50 bits per heavy atom. The lowest BCUT2D eigenvalue weighted by molar-refractivity contribution is -0.0889. The first-order valence-electron chi connectivity index (χ1n) is 6.62. The van der Waals surface area contributed by atoms with Crippen LogP contribution in [-0.2, 0) is 14.2 Å². The first-order valence-corrected chi connectivity index (χ1v) is 6.62. The molecule has 1 heterocycles. The summed E-state index contributed by atoms with van der Waals surface area (Å²) < 4.78 is 17.0. The van der Waals surface area contributed by atoms with E-state index in [2.05, 4.69) is 0 Å². The molecule has 16 heavy (non-hydrogen) atoms. The summed E-state index contributed by atoms with van der Waals surface area (Å²) >= 11 is 0. The number of fused-ring (bicyclic) bond motifs is 3. The van der Waals surface area contributed by atoms with Crippen LogP contribution in [0.4, 0.5) is 0 Å². The summed E-state index contributed by atoms with van der Waals surface area (Å²) in [5, 5.41) is 0. The maximum absolute atomic E-state index is 5.80. The minimum absolute atomic E-state index is 0.347. The Hall–Kier alpha value is -0.120. The molecule has 3 aliphatic rings. The third kappa shape index (κ3) is 2.01. The summed E-state index contributed by atoms with van der Waals surface area (Å²) in [5.74, 6) is 1.81. The molecule has 2 bridgehead atoms. The Morgan fingerprint density at radius 3 is 2.06 bits per heavy atom. The Morgan fingerprint density at radius 1 is 0.812 bits per heavy atom. The number of hydrogen-bond donors (Lipinski definition) is 0. The molecule has 0 aromatic carbocycles. The van der Waals surface area contributed by atoms with E-state index in [0.29, 0.717) is 18.6 Å². The van der Waals surface area contributed by atoms with Crippen LogP contribution in [0.5, 0.6) is 0 Å². The molecule has 1 saturated heterocycles. The highest BCUT2D eigenvalue weighted by molar-refractivity contribution is 5.00. The molecule has 1 spiro atoms. The Balaban J connectivity index is 1.66. The standard InChI is InChI=1S/C13H22O3/c1-2-12-7-11(1)8-13(12)9-15-5-3-14-4-6-16-10-13/h11-12H,1-10H2. The lowest BCUT2D eigenvalue weighted by Gasteiger charge is -2.37. The fourth-order valence-corrected chi connectivity index (χ4v) is 3.84. The van der Waals surface area contributed by atoms with Gasteiger partial charge in [0.2, 0.25) is 0 Å². The van der Waals surface area contributed by atoms with Crippen molar-refractivity contribution in [1.29, 1.82) is 0 Å². The molecule has 2 aliphatic carbocycles. The van der Waals surface area contributed by atoms with Crippen molar-refractivity contribution in [1.82, 2.24) is 0 Å². The van der Waals surface area contributed by atoms with Crippen molar-refractivity contribution < 1.29 is 14.2 Å². The second kappa shape index (κ2) is 4.63. The number of ether oxygens (including phenoxy) is 3. The van der Waals surface area contributed by atoms with Gasteiger partial charge in [-0.05, 0) is 31.1 Å². The molecular weight excluding hydrogens is 204 g/mol. The minimum atomic E-state index is 0.347. The zero-order valence-corrected chi connectivity index (χ0v) is 9.95. The quantitative estimate of drug-likeness (QED) is 0.631. The molecule has 0 radical (unpaired) electrons. The third-order valence-corrected chi connectivity index (χ3v) is 4.63. The second-order valence-corrected chi connectivity index (χ2v) is 5.66. The molecule has 0 aromatic rings. The molecular formula is C13H22O3. The first-order chi connectivity index (χ1) is 7.89. The SMILES string of the molecule is C1COCC2(COCCO1)CC1CCC2C1. The van der Waals surface area contributed by atoms with Gasteiger partial charge in [0.05, 0.1) is 39.6 Å². The van der Waals surface area contributed by atoms with Gasteiger partial charge in [0.25, 0.3) is 0 Å². The van der Waals surface area contributed by atoms with Crippen LogP contribution in [0, 0.1) is 17.3 Å². The predicted octanol–water partition coefficient (Wildman–Crippen LogP) is 1.86. The van der Waals surface area contributed by atoms with Crippen LogP contribution in [0.1, 0.15) is 25.7 Å². The lowest BCUT2D eigenvalue weighted by Crippen LogP contribution is -2.39. The van der Waals surface area contributed by atoms with Gasteiger partial charge >= 0.3 is 0 Å². The normalized spacial score (nSPS) is 39.0. The topological polar surface area (TPSA) is 27.7 Å². The van der Waals surface area contributed by atoms with Crippen LogP contribution in [-0.4, -0.2) is 39.6 Å². The highest BCUT2D eigenvalue weighted by Gasteiger charge is 2.51. The molecule has 2 unspecified atom stereocenters. The highest BCUT2D eigenvalue weighted by atomic mass is 16.5. The largest absolute Gasteiger partial charge is 0.378 e. The van der Waals surface area contributed by atoms with E-state index in [-0.39, 0.29) is 0 Å². The summed E-state index contributed by atoms with van der Waals surface area (Å²) in [6.45, 7) is 4.70. The number of rotatable bonds is 0. The van der Waals surface area contributed by atoms with Crippen molar-refractivity contribution in [2.45, 2.75) is 25.7 Å². The van der Waals surface area contributed by atoms with Gasteiger partial charge in [-0.2, -0.15) is 0 Å². The molecule has 0 N–H and O–H groups in total. The van der Waals surface area contributed by atoms with Crippen LogP contribution < -0.4 is 0 Å². The van der Waals surface area contributed by atoms with Crippen LogP contribution in [0.15, 0.2) is 0 Å². The highest BCUT2D eigenvalue weighted by Crippen LogP contribution is 2.56. The molecule has 0 aromatic heterocycles. The summed E-state index contributed by atoms with van der Waals surface area (Å²) in [6.07, 6.45) is 5.59. The van der Waals surface area contributed by atoms with Crippen LogP contribution in [0.25, 0.3) is 0 Å². The van der Waals surface area contributed by atoms with Gasteiger partial charge in [-0.15, -0.1) is 0 Å². The Labute approximate surface area is 97.4 Å². The maximum atomic E-state index is 5.80. The van der Waals surface area contributed by atoms with Crippen molar-refractivity contribution in [3.05, 3.63) is 0 Å². The van der Waals surface area contributed by atoms with Gasteiger partial charge in [-0.25, -0.2) is 0 Å². The predicted molar refractivity (Wildman–Crippen MR) is 60.3 cm³/mol. The zero-order valence-electron chi connectivity index (χ0n) is 9.95. The van der Waals surface area contributed by atoms with Crippen molar-refractivity contribution in [2.75, 3.05) is 39.6 Å². The lowest BCUT2D eigenvalue weighted by atomic mass is 9.74. The molecule has 2 saturated carbocycles. The van der Waals surface area contributed by atoms with Gasteiger partial charge in [0, 0.05) is 5.41 Å².